The molecule has 2 aliphatic heterocycles. The van der Waals surface area contributed by atoms with E-state index in [1.54, 1.807) is 13.3 Å². The first kappa shape index (κ1) is 20.3. The monoisotopic (exact) mass is 404 g/mol. The van der Waals surface area contributed by atoms with Crippen LogP contribution in [0.4, 0.5) is 0 Å². The van der Waals surface area contributed by atoms with E-state index in [4.69, 9.17) is 10.6 Å². The zero-order valence-corrected chi connectivity index (χ0v) is 17.6. The van der Waals surface area contributed by atoms with Crippen LogP contribution in [0.3, 0.4) is 0 Å². The molecule has 30 heavy (non-hydrogen) atoms. The van der Waals surface area contributed by atoms with Crippen LogP contribution in [0.5, 0.6) is 0 Å². The van der Waals surface area contributed by atoms with Gasteiger partial charge in [-0.05, 0) is 54.5 Å². The van der Waals surface area contributed by atoms with Crippen LogP contribution in [-0.2, 0) is 17.7 Å². The highest BCUT2D eigenvalue weighted by molar-refractivity contribution is 6.38. The maximum Gasteiger partial charge on any atom is 0.254 e. The number of benzene rings is 2. The van der Waals surface area contributed by atoms with Crippen molar-refractivity contribution in [2.75, 3.05) is 20.2 Å². The normalized spacial score (nSPS) is 19.1. The van der Waals surface area contributed by atoms with Gasteiger partial charge in [0.2, 0.25) is 0 Å². The fourth-order valence-electron chi connectivity index (χ4n) is 4.28. The van der Waals surface area contributed by atoms with Gasteiger partial charge in [0.25, 0.3) is 5.91 Å². The molecule has 2 heterocycles. The standard InChI is InChI=1S/C24H28N4O2/c1-16-10-20-14-28(15-21-4-3-9-30-21)24(29)22(20)12-19(16)11-17-5-7-18(8-6-17)23(27-25)13-26-2/h5-8,10,12-13,21H,3-4,9,11,14-15,25H2,1-2H3. The van der Waals surface area contributed by atoms with E-state index in [2.05, 4.69) is 41.3 Å². The summed E-state index contributed by atoms with van der Waals surface area (Å²) >= 11 is 0. The van der Waals surface area contributed by atoms with Crippen molar-refractivity contribution in [2.45, 2.75) is 38.8 Å². The Balaban J connectivity index is 1.50. The van der Waals surface area contributed by atoms with E-state index < -0.39 is 0 Å². The van der Waals surface area contributed by atoms with Gasteiger partial charge >= 0.3 is 0 Å². The summed E-state index contributed by atoms with van der Waals surface area (Å²) < 4.78 is 5.72. The lowest BCUT2D eigenvalue weighted by Gasteiger charge is -2.19. The second-order valence-corrected chi connectivity index (χ2v) is 8.03. The van der Waals surface area contributed by atoms with Crippen LogP contribution < -0.4 is 5.84 Å². The molecule has 1 atom stereocenters. The van der Waals surface area contributed by atoms with Gasteiger partial charge in [-0.1, -0.05) is 30.3 Å². The number of fused-ring (bicyclic) bond motifs is 1. The van der Waals surface area contributed by atoms with Crippen molar-refractivity contribution in [3.05, 3.63) is 69.8 Å². The van der Waals surface area contributed by atoms with Crippen molar-refractivity contribution in [2.24, 2.45) is 15.9 Å². The van der Waals surface area contributed by atoms with Gasteiger partial charge in [-0.2, -0.15) is 5.10 Å². The number of carbonyl (C=O) groups is 1. The largest absolute Gasteiger partial charge is 0.376 e. The Morgan fingerprint density at radius 2 is 2.10 bits per heavy atom. The average molecular weight is 405 g/mol. The second kappa shape index (κ2) is 8.79. The number of hydrogen-bond acceptors (Lipinski definition) is 5. The lowest BCUT2D eigenvalue weighted by Crippen LogP contribution is -2.32. The number of nitrogens with zero attached hydrogens (tertiary/aromatic N) is 3. The van der Waals surface area contributed by atoms with Crippen LogP contribution in [0, 0.1) is 6.92 Å². The van der Waals surface area contributed by atoms with E-state index in [-0.39, 0.29) is 12.0 Å². The summed E-state index contributed by atoms with van der Waals surface area (Å²) in [6, 6.07) is 12.4. The van der Waals surface area contributed by atoms with Crippen molar-refractivity contribution >= 4 is 17.8 Å². The summed E-state index contributed by atoms with van der Waals surface area (Å²) in [6.45, 7) is 4.30. The summed E-state index contributed by atoms with van der Waals surface area (Å²) in [6.07, 6.45) is 4.73. The molecule has 0 saturated carbocycles. The molecule has 4 rings (SSSR count). The number of carbonyl (C=O) groups excluding carboxylic acids is 1. The van der Waals surface area contributed by atoms with E-state index in [1.165, 1.54) is 16.7 Å². The maximum absolute atomic E-state index is 12.9. The molecule has 0 aromatic heterocycles. The molecule has 1 fully saturated rings. The topological polar surface area (TPSA) is 80.3 Å². The van der Waals surface area contributed by atoms with Crippen molar-refractivity contribution in [3.8, 4) is 0 Å². The molecular formula is C24H28N4O2. The van der Waals surface area contributed by atoms with Crippen LogP contribution >= 0.6 is 0 Å². The minimum absolute atomic E-state index is 0.125. The molecule has 2 N–H and O–H groups in total. The van der Waals surface area contributed by atoms with Gasteiger partial charge < -0.3 is 15.5 Å². The molecule has 2 aromatic carbocycles. The molecule has 1 amide bonds. The van der Waals surface area contributed by atoms with E-state index in [0.29, 0.717) is 18.8 Å². The molecular weight excluding hydrogens is 376 g/mol. The third-order valence-electron chi connectivity index (χ3n) is 5.92. The van der Waals surface area contributed by atoms with Crippen LogP contribution in [0.1, 0.15) is 51.0 Å². The second-order valence-electron chi connectivity index (χ2n) is 8.03. The smallest absolute Gasteiger partial charge is 0.254 e. The fourth-order valence-corrected chi connectivity index (χ4v) is 4.28. The van der Waals surface area contributed by atoms with Crippen LogP contribution in [0.15, 0.2) is 46.5 Å². The Hall–Kier alpha value is -2.99. The number of amides is 1. The lowest BCUT2D eigenvalue weighted by atomic mass is 9.95. The van der Waals surface area contributed by atoms with E-state index >= 15 is 0 Å². The molecule has 1 unspecified atom stereocenters. The van der Waals surface area contributed by atoms with Crippen molar-refractivity contribution in [1.29, 1.82) is 0 Å². The van der Waals surface area contributed by atoms with Gasteiger partial charge in [0.05, 0.1) is 6.10 Å². The number of ether oxygens (including phenoxy) is 1. The molecule has 2 aliphatic rings. The van der Waals surface area contributed by atoms with E-state index in [1.807, 2.05) is 17.0 Å². The molecule has 6 heteroatoms. The first-order valence-corrected chi connectivity index (χ1v) is 10.4. The molecule has 6 nitrogen and oxygen atoms in total. The van der Waals surface area contributed by atoms with Gasteiger partial charge in [0, 0.05) is 44.1 Å². The van der Waals surface area contributed by atoms with Crippen molar-refractivity contribution < 1.29 is 9.53 Å². The third-order valence-corrected chi connectivity index (χ3v) is 5.92. The van der Waals surface area contributed by atoms with Gasteiger partial charge in [0.15, 0.2) is 0 Å². The third kappa shape index (κ3) is 4.14. The summed E-state index contributed by atoms with van der Waals surface area (Å²) in [4.78, 5) is 18.9. The van der Waals surface area contributed by atoms with E-state index in [0.717, 1.165) is 42.6 Å². The zero-order valence-electron chi connectivity index (χ0n) is 17.6. The Morgan fingerprint density at radius 1 is 1.30 bits per heavy atom. The fraction of sp³-hybridized carbons (Fsp3) is 0.375. The predicted molar refractivity (Wildman–Crippen MR) is 119 cm³/mol. The van der Waals surface area contributed by atoms with Crippen LogP contribution in [0.2, 0.25) is 0 Å². The highest BCUT2D eigenvalue weighted by atomic mass is 16.5. The summed E-state index contributed by atoms with van der Waals surface area (Å²) in [5, 5.41) is 3.78. The van der Waals surface area contributed by atoms with Crippen molar-refractivity contribution in [3.63, 3.8) is 0 Å². The highest BCUT2D eigenvalue weighted by Gasteiger charge is 2.31. The van der Waals surface area contributed by atoms with Gasteiger partial charge in [0.1, 0.15) is 5.71 Å². The van der Waals surface area contributed by atoms with Gasteiger partial charge in [-0.25, -0.2) is 0 Å². The number of nitrogens with two attached hydrogens (primary N) is 1. The molecule has 156 valence electrons. The SMILES string of the molecule is CN=CC(=NN)c1ccc(Cc2cc3c(cc2C)CN(CC2CCCO2)C3=O)cc1. The van der Waals surface area contributed by atoms with Gasteiger partial charge in [-0.15, -0.1) is 0 Å². The lowest BCUT2D eigenvalue weighted by molar-refractivity contribution is 0.0545. The zero-order chi connectivity index (χ0) is 21.1. The van der Waals surface area contributed by atoms with E-state index in [9.17, 15) is 4.79 Å². The van der Waals surface area contributed by atoms with Crippen LogP contribution in [0.25, 0.3) is 0 Å². The Labute approximate surface area is 177 Å². The minimum atomic E-state index is 0.125. The van der Waals surface area contributed by atoms with Crippen molar-refractivity contribution in [1.82, 2.24) is 4.90 Å². The minimum Gasteiger partial charge on any atom is -0.376 e. The molecule has 0 aliphatic carbocycles. The number of aliphatic imine (C=N–C) groups is 1. The van der Waals surface area contributed by atoms with Gasteiger partial charge in [-0.3, -0.25) is 9.79 Å². The first-order chi connectivity index (χ1) is 14.6. The Morgan fingerprint density at radius 3 is 2.77 bits per heavy atom. The highest BCUT2D eigenvalue weighted by Crippen LogP contribution is 2.28. The molecule has 0 spiro atoms. The quantitative estimate of drug-likeness (QED) is 0.456. The maximum atomic E-state index is 12.9. The summed E-state index contributed by atoms with van der Waals surface area (Å²) in [5.74, 6) is 5.58. The van der Waals surface area contributed by atoms with Crippen LogP contribution in [-0.4, -0.2) is 49.0 Å². The molecule has 2 aromatic rings. The molecule has 0 bridgehead atoms. The average Bonchev–Trinajstić information content (AvgIpc) is 3.36. The first-order valence-electron chi connectivity index (χ1n) is 10.4. The Bertz CT molecular complexity index is 989. The molecule has 1 saturated heterocycles. The number of rotatable bonds is 6. The Kier molecular flexibility index (Phi) is 5.95. The molecule has 0 radical (unpaired) electrons. The summed E-state index contributed by atoms with van der Waals surface area (Å²) in [5.41, 5.74) is 7.10. The predicted octanol–water partition coefficient (Wildman–Crippen LogP) is 3.08. The number of aryl methyl sites for hydroxylation is 1. The number of hydrazone groups is 1. The number of hydrogen-bond donors (Lipinski definition) is 1. The summed E-state index contributed by atoms with van der Waals surface area (Å²) in [7, 11) is 1.69.